The van der Waals surface area contributed by atoms with Crippen LogP contribution in [0.3, 0.4) is 0 Å². The zero-order valence-corrected chi connectivity index (χ0v) is 38.3. The van der Waals surface area contributed by atoms with Gasteiger partial charge in [-0.3, -0.25) is 4.79 Å². The third-order valence-corrected chi connectivity index (χ3v) is 12.2. The lowest BCUT2D eigenvalue weighted by atomic mass is 9.96. The molecule has 0 unspecified atom stereocenters. The van der Waals surface area contributed by atoms with Gasteiger partial charge in [-0.1, -0.05) is 20.8 Å². The number of amides is 1. The molecule has 402 valence electrons. The first kappa shape index (κ1) is 55.2. The van der Waals surface area contributed by atoms with Crippen LogP contribution in [0.2, 0.25) is 0 Å². The van der Waals surface area contributed by atoms with E-state index in [0.717, 1.165) is 14.0 Å². The summed E-state index contributed by atoms with van der Waals surface area (Å²) in [4.78, 5) is 15.6. The number of aromatic nitrogens is 9. The van der Waals surface area contributed by atoms with Crippen molar-refractivity contribution in [2.75, 3.05) is 39.6 Å². The van der Waals surface area contributed by atoms with Crippen molar-refractivity contribution in [1.29, 1.82) is 0 Å². The third kappa shape index (κ3) is 12.5. The van der Waals surface area contributed by atoms with Gasteiger partial charge in [0.15, 0.2) is 25.0 Å². The highest BCUT2D eigenvalue weighted by Crippen LogP contribution is 2.33. The predicted octanol–water partition coefficient (Wildman–Crippen LogP) is -7.99. The maximum Gasteiger partial charge on any atom is 0.217 e. The molecule has 0 radical (unpaired) electrons. The molecule has 0 bridgehead atoms. The Morgan fingerprint density at radius 1 is 0.625 bits per heavy atom. The number of aliphatic hydroxyl groups excluding tert-OH is 12. The van der Waals surface area contributed by atoms with Gasteiger partial charge in [-0.05, 0) is 12.0 Å². The summed E-state index contributed by atoms with van der Waals surface area (Å²) in [5, 5.41) is 154. The zero-order valence-electron chi connectivity index (χ0n) is 38.3. The molecule has 4 aliphatic heterocycles. The molecule has 0 aromatic carbocycles. The average molecular weight is 1030 g/mol. The Labute approximate surface area is 406 Å². The van der Waals surface area contributed by atoms with Gasteiger partial charge in [0.05, 0.1) is 64.8 Å². The van der Waals surface area contributed by atoms with E-state index in [9.17, 15) is 66.1 Å². The number of nitrogens with one attached hydrogen (secondary N) is 1. The summed E-state index contributed by atoms with van der Waals surface area (Å²) in [6, 6.07) is -1.19. The van der Waals surface area contributed by atoms with E-state index in [-0.39, 0.29) is 49.9 Å². The summed E-state index contributed by atoms with van der Waals surface area (Å²) in [5.74, 6) is -0.563. The van der Waals surface area contributed by atoms with Crippen molar-refractivity contribution in [3.63, 3.8) is 0 Å². The number of aliphatic hydroxyl groups is 12. The minimum absolute atomic E-state index is 0.0456. The van der Waals surface area contributed by atoms with Gasteiger partial charge >= 0.3 is 0 Å². The van der Waals surface area contributed by atoms with Crippen LogP contribution in [0.15, 0.2) is 23.7 Å². The predicted molar refractivity (Wildman–Crippen MR) is 225 cm³/mol. The van der Waals surface area contributed by atoms with Crippen molar-refractivity contribution in [2.45, 2.75) is 156 Å². The van der Waals surface area contributed by atoms with E-state index in [1.165, 1.54) is 25.5 Å². The molecule has 3 aromatic heterocycles. The zero-order chi connectivity index (χ0) is 51.8. The molecule has 20 atom stereocenters. The fourth-order valence-electron chi connectivity index (χ4n) is 8.40. The molecule has 1 amide bonds. The molecule has 72 heavy (non-hydrogen) atoms. The molecule has 3 aromatic rings. The smallest absolute Gasteiger partial charge is 0.217 e. The highest BCUT2D eigenvalue weighted by molar-refractivity contribution is 5.73. The Kier molecular flexibility index (Phi) is 19.2. The van der Waals surface area contributed by atoms with Crippen LogP contribution in [0.5, 0.6) is 0 Å². The molecule has 34 heteroatoms. The number of nitrogens with zero attached hydrogens (tertiary/aromatic N) is 12. The fourth-order valence-corrected chi connectivity index (χ4v) is 8.40. The molecule has 4 fully saturated rings. The Morgan fingerprint density at radius 2 is 1.06 bits per heavy atom. The van der Waals surface area contributed by atoms with Crippen LogP contribution in [0.4, 0.5) is 0 Å². The lowest BCUT2D eigenvalue weighted by Gasteiger charge is -2.46. The van der Waals surface area contributed by atoms with Gasteiger partial charge in [-0.2, -0.15) is 0 Å². The summed E-state index contributed by atoms with van der Waals surface area (Å²) in [5.41, 5.74) is 9.18. The van der Waals surface area contributed by atoms with Crippen LogP contribution in [-0.2, 0) is 62.5 Å². The second kappa shape index (κ2) is 25.1. The molecular formula is C38H59N13O21. The molecule has 13 N–H and O–H groups in total. The minimum atomic E-state index is -1.72. The summed E-state index contributed by atoms with van der Waals surface area (Å²) in [7, 11) is 0. The van der Waals surface area contributed by atoms with Gasteiger partial charge < -0.3 is 104 Å². The van der Waals surface area contributed by atoms with Crippen LogP contribution in [0.1, 0.15) is 49.1 Å². The molecule has 0 aliphatic carbocycles. The monoisotopic (exact) mass is 1030 g/mol. The average Bonchev–Trinajstić information content (AvgIpc) is 4.17. The molecule has 0 spiro atoms. The number of carbonyl (C=O) groups excluding carboxylic acids is 1. The van der Waals surface area contributed by atoms with Crippen LogP contribution >= 0.6 is 0 Å². The van der Waals surface area contributed by atoms with E-state index < -0.39 is 162 Å². The lowest BCUT2D eigenvalue weighted by Crippen LogP contribution is -2.66. The largest absolute Gasteiger partial charge is 0.394 e. The number of hydrogen-bond acceptors (Lipinski definition) is 28. The van der Waals surface area contributed by atoms with Crippen LogP contribution in [0, 0.1) is 0 Å². The highest BCUT2D eigenvalue weighted by Gasteiger charge is 2.51. The highest BCUT2D eigenvalue weighted by atomic mass is 16.7. The standard InChI is InChI=1S/C38H59N13O21/c1-15(55)41-23-34(68-13-18-7-51(48-44-18)37-32(64)29(61)26(58)21(10-54)71-37)33(67-12-17-6-50(47-43-17)36-31(63)28(60)25(57)20(9-53)70-36)22(72-38(23)66-4-2-3-40-45-39)14-65-11-16-5-49(46-42-16)35-30(62)27(59)24(56)19(8-52)69-35/h5-7,19-38,52-54,56-64H,2-4,8-14H2,1H3,(H,41,55)/t19-,20-,21-,22-,23-,24-,25-,26-,27+,28+,29+,30-,31-,32-,33-,34-,35-,36-,37-,38-/m1/s1. The fraction of sp³-hybridized carbons (Fsp3) is 0.816. The van der Waals surface area contributed by atoms with E-state index in [1.807, 2.05) is 0 Å². The van der Waals surface area contributed by atoms with Gasteiger partial charge in [0.2, 0.25) is 5.91 Å². The molecule has 4 saturated heterocycles. The first-order valence-corrected chi connectivity index (χ1v) is 22.6. The maximum absolute atomic E-state index is 12.9. The van der Waals surface area contributed by atoms with Crippen molar-refractivity contribution in [2.24, 2.45) is 5.11 Å². The Balaban J connectivity index is 1.16. The van der Waals surface area contributed by atoms with Crippen LogP contribution in [0.25, 0.3) is 10.4 Å². The summed E-state index contributed by atoms with van der Waals surface area (Å²) in [6.07, 6.45) is -23.9. The quantitative estimate of drug-likeness (QED) is 0.0192. The number of carbonyl (C=O) groups is 1. The molecule has 7 rings (SSSR count). The second-order valence-electron chi connectivity index (χ2n) is 17.2. The molecule has 7 heterocycles. The summed E-state index contributed by atoms with van der Waals surface area (Å²) < 4.78 is 51.5. The number of hydrogen-bond donors (Lipinski definition) is 13. The Morgan fingerprint density at radius 3 is 1.47 bits per heavy atom. The number of ether oxygens (including phenoxy) is 8. The lowest BCUT2D eigenvalue weighted by molar-refractivity contribution is -0.290. The third-order valence-electron chi connectivity index (χ3n) is 12.2. The van der Waals surface area contributed by atoms with Crippen molar-refractivity contribution < 1.29 is 104 Å². The molecule has 4 aliphatic rings. The maximum atomic E-state index is 12.9. The van der Waals surface area contributed by atoms with E-state index in [2.05, 4.69) is 46.3 Å². The normalized spacial score (nSPS) is 37.3. The number of azide groups is 1. The van der Waals surface area contributed by atoms with Crippen molar-refractivity contribution >= 4 is 5.91 Å². The molecule has 34 nitrogen and oxygen atoms in total. The SMILES string of the molecule is CC(=O)N[C@H]1[C@H](OCCCN=[N+]=[N-])O[C@H](COCc2cn([C@@H]3O[C@H](CO)[C@@H](O)[C@H](O)[C@H]3O)nn2)[C@@H](OCc2cn([C@@H]3O[C@H](CO)[C@@H](O)[C@H](O)[C@H]3O)nn2)[C@@H]1OCc1cn([C@@H]2O[C@H](CO)[C@@H](O)[C@H](O)[C@H]2O)nn1. The van der Waals surface area contributed by atoms with Crippen molar-refractivity contribution in [3.05, 3.63) is 46.1 Å². The second-order valence-corrected chi connectivity index (χ2v) is 17.2. The van der Waals surface area contributed by atoms with E-state index >= 15 is 0 Å². The Bertz CT molecular complexity index is 2220. The first-order chi connectivity index (χ1) is 34.6. The summed E-state index contributed by atoms with van der Waals surface area (Å²) >= 11 is 0. The topological polar surface area (TPSA) is 487 Å². The van der Waals surface area contributed by atoms with E-state index in [1.54, 1.807) is 0 Å². The summed E-state index contributed by atoms with van der Waals surface area (Å²) in [6.45, 7) is -2.28. The van der Waals surface area contributed by atoms with Crippen LogP contribution < -0.4 is 5.32 Å². The first-order valence-electron chi connectivity index (χ1n) is 22.6. The van der Waals surface area contributed by atoms with Crippen molar-refractivity contribution in [1.82, 2.24) is 50.3 Å². The van der Waals surface area contributed by atoms with Crippen LogP contribution in [-0.4, -0.2) is 256 Å². The van der Waals surface area contributed by atoms with Gasteiger partial charge in [0, 0.05) is 25.0 Å². The molecular weight excluding hydrogens is 974 g/mol. The molecule has 0 saturated carbocycles. The Hall–Kier alpha value is -4.60. The number of rotatable bonds is 22. The van der Waals surface area contributed by atoms with Gasteiger partial charge in [0.1, 0.15) is 115 Å². The van der Waals surface area contributed by atoms with E-state index in [4.69, 9.17) is 43.4 Å². The van der Waals surface area contributed by atoms with Gasteiger partial charge in [0.25, 0.3) is 0 Å². The van der Waals surface area contributed by atoms with Crippen molar-refractivity contribution in [3.8, 4) is 0 Å². The van der Waals surface area contributed by atoms with E-state index in [0.29, 0.717) is 0 Å². The van der Waals surface area contributed by atoms with Gasteiger partial charge in [-0.15, -0.1) is 15.3 Å². The van der Waals surface area contributed by atoms with Gasteiger partial charge in [-0.25, -0.2) is 14.0 Å². The minimum Gasteiger partial charge on any atom is -0.394 e.